The van der Waals surface area contributed by atoms with Gasteiger partial charge in [0.25, 0.3) is 0 Å². The molecule has 3 saturated heterocycles. The summed E-state index contributed by atoms with van der Waals surface area (Å²) >= 11 is 0. The third-order valence-electron chi connectivity index (χ3n) is 6.58. The largest absolute Gasteiger partial charge is 0.494 e. The Morgan fingerprint density at radius 3 is 2.08 bits per heavy atom. The van der Waals surface area contributed by atoms with Crippen molar-refractivity contribution < 1.29 is 18.8 Å². The fraction of sp³-hybridized carbons (Fsp3) is 0.650. The van der Waals surface area contributed by atoms with E-state index in [1.807, 2.05) is 29.2 Å². The van der Waals surface area contributed by atoms with Crippen LogP contribution in [0.4, 0.5) is 0 Å². The summed E-state index contributed by atoms with van der Waals surface area (Å²) in [6.07, 6.45) is 5.25. The van der Waals surface area contributed by atoms with Crippen molar-refractivity contribution in [2.75, 3.05) is 0 Å². The second kappa shape index (κ2) is 6.27. The van der Waals surface area contributed by atoms with Crippen LogP contribution in [0.1, 0.15) is 53.4 Å². The molecule has 0 aromatic heterocycles. The van der Waals surface area contributed by atoms with Crippen molar-refractivity contribution in [2.45, 2.75) is 82.8 Å². The van der Waals surface area contributed by atoms with E-state index in [9.17, 15) is 4.79 Å². The molecule has 3 heterocycles. The Balaban J connectivity index is 1.39. The molecule has 4 rings (SSSR count). The van der Waals surface area contributed by atoms with Crippen molar-refractivity contribution in [1.82, 2.24) is 4.90 Å². The van der Waals surface area contributed by atoms with Gasteiger partial charge in [-0.1, -0.05) is 12.1 Å². The molecule has 0 N–H and O–H groups in total. The number of carbonyl (C=O) groups excluding carboxylic acids is 1. The Morgan fingerprint density at radius 1 is 1.04 bits per heavy atom. The van der Waals surface area contributed by atoms with Gasteiger partial charge in [0.05, 0.1) is 11.2 Å². The molecule has 1 amide bonds. The summed E-state index contributed by atoms with van der Waals surface area (Å²) in [5, 5.41) is 0. The van der Waals surface area contributed by atoms with Crippen molar-refractivity contribution >= 4 is 19.0 Å². The quantitative estimate of drug-likeness (QED) is 0.614. The first-order valence-corrected chi connectivity index (χ1v) is 9.64. The van der Waals surface area contributed by atoms with Crippen molar-refractivity contribution in [3.63, 3.8) is 0 Å². The van der Waals surface area contributed by atoms with Crippen LogP contribution in [0.3, 0.4) is 0 Å². The standard InChI is InChI=1S/C20H28BNO4/c1-19(2)20(3,4)26-21(25-19)14-5-9-17(10-6-14)24-18-11-15-7-8-16(12-18)22(15)13-23/h5-6,9-10,13,15-16,18H,7-8,11-12H2,1-4H3. The van der Waals surface area contributed by atoms with E-state index in [0.29, 0.717) is 12.1 Å². The Hall–Kier alpha value is -1.53. The zero-order valence-electron chi connectivity index (χ0n) is 16.1. The van der Waals surface area contributed by atoms with Crippen LogP contribution >= 0.6 is 0 Å². The minimum Gasteiger partial charge on any atom is -0.490 e. The summed E-state index contributed by atoms with van der Waals surface area (Å²) in [4.78, 5) is 13.2. The lowest BCUT2D eigenvalue weighted by Gasteiger charge is -2.36. The average Bonchev–Trinajstić information content (AvgIpc) is 2.96. The zero-order valence-corrected chi connectivity index (χ0v) is 16.1. The highest BCUT2D eigenvalue weighted by molar-refractivity contribution is 6.62. The van der Waals surface area contributed by atoms with E-state index in [1.54, 1.807) is 0 Å². The van der Waals surface area contributed by atoms with Crippen LogP contribution in [0.25, 0.3) is 0 Å². The van der Waals surface area contributed by atoms with Gasteiger partial charge in [-0.05, 0) is 58.1 Å². The van der Waals surface area contributed by atoms with E-state index < -0.39 is 0 Å². The fourth-order valence-electron chi connectivity index (χ4n) is 4.31. The number of hydrogen-bond acceptors (Lipinski definition) is 4. The van der Waals surface area contributed by atoms with E-state index in [0.717, 1.165) is 43.3 Å². The normalized spacial score (nSPS) is 31.9. The molecule has 5 nitrogen and oxygen atoms in total. The minimum atomic E-state index is -0.347. The van der Waals surface area contributed by atoms with Crippen molar-refractivity contribution in [3.8, 4) is 5.75 Å². The summed E-state index contributed by atoms with van der Waals surface area (Å²) in [7, 11) is -0.347. The van der Waals surface area contributed by atoms with Gasteiger partial charge in [-0.25, -0.2) is 0 Å². The van der Waals surface area contributed by atoms with Gasteiger partial charge >= 0.3 is 7.12 Å². The van der Waals surface area contributed by atoms with E-state index in [-0.39, 0.29) is 24.4 Å². The molecule has 3 fully saturated rings. The van der Waals surface area contributed by atoms with Gasteiger partial charge in [-0.2, -0.15) is 0 Å². The molecule has 140 valence electrons. The third kappa shape index (κ3) is 3.03. The fourth-order valence-corrected chi connectivity index (χ4v) is 4.31. The number of fused-ring (bicyclic) bond motifs is 2. The predicted molar refractivity (Wildman–Crippen MR) is 101 cm³/mol. The maximum Gasteiger partial charge on any atom is 0.494 e. The second-order valence-electron chi connectivity index (χ2n) is 8.81. The molecule has 6 heteroatoms. The Bertz CT molecular complexity index is 645. The van der Waals surface area contributed by atoms with E-state index in [1.165, 1.54) is 0 Å². The number of benzene rings is 1. The molecule has 0 aliphatic carbocycles. The third-order valence-corrected chi connectivity index (χ3v) is 6.58. The molecule has 0 saturated carbocycles. The van der Waals surface area contributed by atoms with E-state index in [4.69, 9.17) is 14.0 Å². The van der Waals surface area contributed by atoms with Crippen LogP contribution < -0.4 is 10.2 Å². The molecular formula is C20H28BNO4. The smallest absolute Gasteiger partial charge is 0.490 e. The molecule has 2 unspecified atom stereocenters. The number of ether oxygens (including phenoxy) is 1. The van der Waals surface area contributed by atoms with Gasteiger partial charge < -0.3 is 18.9 Å². The number of piperidine rings is 1. The number of hydrogen-bond donors (Lipinski definition) is 0. The highest BCUT2D eigenvalue weighted by atomic mass is 16.7. The first kappa shape index (κ1) is 17.9. The SMILES string of the molecule is CC1(C)OB(c2ccc(OC3CC4CCC(C3)N4C=O)cc2)OC1(C)C. The first-order chi connectivity index (χ1) is 12.3. The van der Waals surface area contributed by atoms with E-state index >= 15 is 0 Å². The number of nitrogens with zero attached hydrogens (tertiary/aromatic N) is 1. The molecule has 26 heavy (non-hydrogen) atoms. The van der Waals surface area contributed by atoms with Gasteiger partial charge in [0.2, 0.25) is 6.41 Å². The second-order valence-corrected chi connectivity index (χ2v) is 8.81. The molecule has 2 bridgehead atoms. The summed E-state index contributed by atoms with van der Waals surface area (Å²) in [5.41, 5.74) is 0.337. The molecule has 3 aliphatic heterocycles. The van der Waals surface area contributed by atoms with Gasteiger partial charge in [-0.3, -0.25) is 4.79 Å². The van der Waals surface area contributed by atoms with Gasteiger partial charge in [-0.15, -0.1) is 0 Å². The number of carbonyl (C=O) groups is 1. The zero-order chi connectivity index (χ0) is 18.5. The molecule has 0 spiro atoms. The van der Waals surface area contributed by atoms with Crippen LogP contribution in [0.15, 0.2) is 24.3 Å². The predicted octanol–water partition coefficient (Wildman–Crippen LogP) is 2.52. The monoisotopic (exact) mass is 357 g/mol. The molecule has 2 atom stereocenters. The maximum absolute atomic E-state index is 11.2. The summed E-state index contributed by atoms with van der Waals surface area (Å²) < 4.78 is 18.4. The van der Waals surface area contributed by atoms with Crippen molar-refractivity contribution in [2.24, 2.45) is 0 Å². The summed E-state index contributed by atoms with van der Waals surface area (Å²) in [6, 6.07) is 8.72. The van der Waals surface area contributed by atoms with Crippen LogP contribution in [0, 0.1) is 0 Å². The Labute approximate surface area is 156 Å². The number of rotatable bonds is 4. The molecular weight excluding hydrogens is 329 g/mol. The van der Waals surface area contributed by atoms with Gasteiger partial charge in [0, 0.05) is 24.9 Å². The van der Waals surface area contributed by atoms with Crippen LogP contribution in [0.5, 0.6) is 5.75 Å². The van der Waals surface area contributed by atoms with Crippen LogP contribution in [-0.2, 0) is 14.1 Å². The summed E-state index contributed by atoms with van der Waals surface area (Å²) in [5.74, 6) is 0.870. The lowest BCUT2D eigenvalue weighted by Crippen LogP contribution is -2.45. The molecule has 0 radical (unpaired) electrons. The Kier molecular flexibility index (Phi) is 4.31. The highest BCUT2D eigenvalue weighted by Gasteiger charge is 2.51. The van der Waals surface area contributed by atoms with Crippen LogP contribution in [0.2, 0.25) is 0 Å². The van der Waals surface area contributed by atoms with Gasteiger partial charge in [0.1, 0.15) is 11.9 Å². The van der Waals surface area contributed by atoms with Crippen molar-refractivity contribution in [3.05, 3.63) is 24.3 Å². The Morgan fingerprint density at radius 2 is 1.58 bits per heavy atom. The average molecular weight is 357 g/mol. The first-order valence-electron chi connectivity index (χ1n) is 9.64. The van der Waals surface area contributed by atoms with E-state index in [2.05, 4.69) is 27.7 Å². The van der Waals surface area contributed by atoms with Gasteiger partial charge in [0.15, 0.2) is 0 Å². The molecule has 1 aromatic rings. The topological polar surface area (TPSA) is 48.0 Å². The lowest BCUT2D eigenvalue weighted by molar-refractivity contribution is -0.123. The lowest BCUT2D eigenvalue weighted by atomic mass is 9.79. The minimum absolute atomic E-state index is 0.186. The molecule has 1 aromatic carbocycles. The maximum atomic E-state index is 11.2. The highest BCUT2D eigenvalue weighted by Crippen LogP contribution is 2.37. The van der Waals surface area contributed by atoms with Crippen LogP contribution in [-0.4, -0.2) is 47.8 Å². The number of amides is 1. The van der Waals surface area contributed by atoms with Crippen molar-refractivity contribution in [1.29, 1.82) is 0 Å². The molecule has 3 aliphatic rings. The summed E-state index contributed by atoms with van der Waals surface area (Å²) in [6.45, 7) is 8.24.